The molecular weight excluding hydrogens is 1610 g/mol. The smallest absolute Gasteiger partial charge is 0.414 e. The second-order valence-electron chi connectivity index (χ2n) is 43.3. The molecule has 1 aliphatic rings. The second-order valence-corrected chi connectivity index (χ2v) is 43.3. The summed E-state index contributed by atoms with van der Waals surface area (Å²) in [5, 5.41) is 18.6. The molecule has 28 heteroatoms. The third-order valence-corrected chi connectivity index (χ3v) is 18.4. The molecule has 704 valence electrons. The van der Waals surface area contributed by atoms with Crippen molar-refractivity contribution in [3.8, 4) is 23.0 Å². The van der Waals surface area contributed by atoms with Gasteiger partial charge in [-0.15, -0.1) is 0 Å². The van der Waals surface area contributed by atoms with Crippen LogP contribution in [0.15, 0.2) is 63.5 Å². The summed E-state index contributed by atoms with van der Waals surface area (Å²) in [6, 6.07) is 18.1. The first-order valence-electron chi connectivity index (χ1n) is 44.4. The first kappa shape index (κ1) is 107. The quantitative estimate of drug-likeness (QED) is 0.0131. The molecule has 5 rings (SSSR count). The van der Waals surface area contributed by atoms with Crippen molar-refractivity contribution in [2.45, 2.75) is 366 Å². The van der Waals surface area contributed by atoms with Gasteiger partial charge in [-0.25, -0.2) is 33.6 Å². The van der Waals surface area contributed by atoms with Gasteiger partial charge in [-0.05, 0) is 285 Å². The van der Waals surface area contributed by atoms with Crippen molar-refractivity contribution in [3.05, 3.63) is 115 Å². The van der Waals surface area contributed by atoms with Gasteiger partial charge in [0.1, 0.15) is 62.2 Å². The third-order valence-electron chi connectivity index (χ3n) is 18.4. The number of carbonyl (C=O) groups excluding carboxylic acids is 7. The number of guanidine groups is 3. The number of ether oxygens (including phenoxy) is 11. The van der Waals surface area contributed by atoms with Gasteiger partial charge in [-0.1, -0.05) is 132 Å². The zero-order valence-electron chi connectivity index (χ0n) is 82.5. The number of nitrogens with zero attached hydrogens (tertiary/aromatic N) is 3. The number of aliphatic imine (C=N–C) groups is 3. The van der Waals surface area contributed by atoms with Gasteiger partial charge in [-0.3, -0.25) is 46.9 Å². The SMILES string of the molecule is CC(C)(C)OC(=O)NCCCCOc1c2cc(C(C)(C)C)cc1Cc1cc(C(C)(C)C)cc(c1OCCCCN=C(NC(=O)OC(C)(C)C)NC(=O)OC(C)(C)C)Cc1cc(C(C)(C)C)cc(c1OCCCCN=C(NC(=O)OC(C)(C)C)NC(=O)OC(C)(C)C)Cc1cc(C(C)(C)C)cc(c1OCCCCN=C(NC(=O)OC(C)(C)C)NC(=O)OC(C)(C)C)C2. The molecule has 8 bridgehead atoms. The Hall–Kier alpha value is -10.0. The topological polar surface area (TPSA) is 342 Å². The normalized spacial score (nSPS) is 12.9. The van der Waals surface area contributed by atoms with Crippen LogP contribution in [-0.4, -0.2) is 152 Å². The number of alkyl carbamates (subject to hydrolysis) is 7. The van der Waals surface area contributed by atoms with Crippen LogP contribution in [0.25, 0.3) is 0 Å². The predicted octanol–water partition coefficient (Wildman–Crippen LogP) is 20.9. The summed E-state index contributed by atoms with van der Waals surface area (Å²) in [5.74, 6) is 2.33. The molecule has 0 aromatic heterocycles. The zero-order valence-corrected chi connectivity index (χ0v) is 82.5. The van der Waals surface area contributed by atoms with Gasteiger partial charge < -0.3 is 57.4 Å². The number of nitrogens with one attached hydrogen (secondary N) is 7. The second kappa shape index (κ2) is 44.6. The highest BCUT2D eigenvalue weighted by Gasteiger charge is 2.33. The Morgan fingerprint density at radius 3 is 0.579 bits per heavy atom. The summed E-state index contributed by atoms with van der Waals surface area (Å²) in [7, 11) is 0. The van der Waals surface area contributed by atoms with E-state index in [9.17, 15) is 33.6 Å². The van der Waals surface area contributed by atoms with E-state index in [2.05, 4.69) is 184 Å². The first-order chi connectivity index (χ1) is 57.7. The molecule has 7 N–H and O–H groups in total. The van der Waals surface area contributed by atoms with Crippen LogP contribution in [0.5, 0.6) is 23.0 Å². The molecule has 0 spiro atoms. The molecule has 126 heavy (non-hydrogen) atoms. The van der Waals surface area contributed by atoms with Gasteiger partial charge in [0.15, 0.2) is 0 Å². The summed E-state index contributed by atoms with van der Waals surface area (Å²) >= 11 is 0. The number of rotatable bonds is 24. The molecule has 4 aromatic carbocycles. The molecule has 1 aliphatic carbocycles. The van der Waals surface area contributed by atoms with Crippen LogP contribution >= 0.6 is 0 Å². The van der Waals surface area contributed by atoms with Crippen molar-refractivity contribution in [1.82, 2.24) is 37.2 Å². The number of carbonyl (C=O) groups is 7. The summed E-state index contributed by atoms with van der Waals surface area (Å²) in [6.07, 6.45) is 0.0467. The van der Waals surface area contributed by atoms with E-state index in [0.29, 0.717) is 113 Å². The molecule has 0 saturated carbocycles. The molecule has 0 heterocycles. The van der Waals surface area contributed by atoms with Crippen LogP contribution < -0.4 is 56.2 Å². The largest absolute Gasteiger partial charge is 0.493 e. The number of fused-ring (bicyclic) bond motifs is 8. The summed E-state index contributed by atoms with van der Waals surface area (Å²) in [4.78, 5) is 106. The summed E-state index contributed by atoms with van der Waals surface area (Å²) < 4.78 is 68.5. The fraction of sp³-hybridized carbons (Fsp3) is 0.653. The van der Waals surface area contributed by atoms with Crippen LogP contribution in [0.1, 0.15) is 347 Å². The molecule has 0 unspecified atom stereocenters. The molecular formula is C98H154N10O18. The molecule has 0 saturated heterocycles. The number of benzene rings is 4. The van der Waals surface area contributed by atoms with E-state index in [1.165, 1.54) is 0 Å². The molecule has 0 atom stereocenters. The highest BCUT2D eigenvalue weighted by molar-refractivity contribution is 6.03. The minimum absolute atomic E-state index is 0.130. The average molecular weight is 1760 g/mol. The lowest BCUT2D eigenvalue weighted by molar-refractivity contribution is 0.0515. The predicted molar refractivity (Wildman–Crippen MR) is 498 cm³/mol. The number of unbranched alkanes of at least 4 members (excludes halogenated alkanes) is 4. The average Bonchev–Trinajstić information content (AvgIpc) is 0.759. The van der Waals surface area contributed by atoms with Gasteiger partial charge in [0, 0.05) is 51.9 Å². The standard InChI is InChI=1S/C98H154N10O18/c1-88(2,3)70-54-62-50-64-56-71(89(4,5)6)58-66(75(64)117-47-39-35-43-100-79(105-84(112)123-95(22,23)24)106-85(113)124-96(25,26)27)52-68-60-73(91(10,11)12)61-69(77(68)119-49-41-37-45-102-81(109)120-92(13,14)15)53-67-59-72(90(7,8)9)57-65(76(67)118-48-40-36-44-101-80(107-86(114)125-97(28,29)30)108-87(115)126-98(31,32)33)51-63(55-70)74(62)116-46-38-34-42-99-78(103-82(110)121-93(16,17)18)104-83(111)122-94(19,20)21/h54-61H,34-53H2,1-33H3,(H,102,109)(H2,99,103,104,110,111)(H2,100,105,106,112,113)(H2,101,107,108,114,115). The van der Waals surface area contributed by atoms with E-state index in [0.717, 1.165) is 66.8 Å². The molecule has 0 aliphatic heterocycles. The van der Waals surface area contributed by atoms with Gasteiger partial charge >= 0.3 is 42.7 Å². The number of hydrogen-bond donors (Lipinski definition) is 7. The molecule has 0 fully saturated rings. The lowest BCUT2D eigenvalue weighted by Crippen LogP contribution is -2.47. The Balaban J connectivity index is 1.88. The van der Waals surface area contributed by atoms with Crippen molar-refractivity contribution in [3.63, 3.8) is 0 Å². The van der Waals surface area contributed by atoms with Gasteiger partial charge in [0.2, 0.25) is 17.9 Å². The van der Waals surface area contributed by atoms with Gasteiger partial charge in [-0.2, -0.15) is 0 Å². The van der Waals surface area contributed by atoms with E-state index in [4.69, 9.17) is 52.1 Å². The van der Waals surface area contributed by atoms with Crippen molar-refractivity contribution in [2.75, 3.05) is 52.6 Å². The molecule has 28 nitrogen and oxygen atoms in total. The fourth-order valence-electron chi connectivity index (χ4n) is 12.7. The van der Waals surface area contributed by atoms with E-state index in [1.807, 2.05) is 20.8 Å². The van der Waals surface area contributed by atoms with Crippen molar-refractivity contribution in [1.29, 1.82) is 0 Å². The Morgan fingerprint density at radius 1 is 0.246 bits per heavy atom. The highest BCUT2D eigenvalue weighted by atomic mass is 16.6. The monoisotopic (exact) mass is 1760 g/mol. The van der Waals surface area contributed by atoms with E-state index in [1.54, 1.807) is 125 Å². The van der Waals surface area contributed by atoms with Gasteiger partial charge in [0.25, 0.3) is 0 Å². The maximum absolute atomic E-state index is 13.2. The Kier molecular flexibility index (Phi) is 37.7. The number of amides is 7. The molecule has 4 aromatic rings. The molecule has 0 radical (unpaired) electrons. The van der Waals surface area contributed by atoms with Crippen molar-refractivity contribution < 1.29 is 85.7 Å². The van der Waals surface area contributed by atoms with Gasteiger partial charge in [0.05, 0.1) is 26.4 Å². The van der Waals surface area contributed by atoms with E-state index in [-0.39, 0.29) is 62.7 Å². The van der Waals surface area contributed by atoms with E-state index < -0.39 is 98.1 Å². The molecule has 7 amide bonds. The highest BCUT2D eigenvalue weighted by Crippen LogP contribution is 2.45. The van der Waals surface area contributed by atoms with Crippen LogP contribution in [0.4, 0.5) is 33.6 Å². The van der Waals surface area contributed by atoms with Crippen molar-refractivity contribution in [2.24, 2.45) is 15.0 Å². The zero-order chi connectivity index (χ0) is 95.2. The summed E-state index contributed by atoms with van der Waals surface area (Å²) in [6.45, 7) is 65.1. The Bertz CT molecular complexity index is 4170. The Morgan fingerprint density at radius 2 is 0.413 bits per heavy atom. The minimum atomic E-state index is -0.847. The maximum atomic E-state index is 13.2. The minimum Gasteiger partial charge on any atom is -0.493 e. The maximum Gasteiger partial charge on any atom is 0.414 e. The van der Waals surface area contributed by atoms with E-state index >= 15 is 0 Å². The van der Waals surface area contributed by atoms with Crippen LogP contribution in [0, 0.1) is 0 Å². The number of hydrogen-bond acceptors (Lipinski definition) is 21. The van der Waals surface area contributed by atoms with Crippen LogP contribution in [0.3, 0.4) is 0 Å². The van der Waals surface area contributed by atoms with Crippen molar-refractivity contribution >= 4 is 60.5 Å². The lowest BCUT2D eigenvalue weighted by atomic mass is 9.79. The van der Waals surface area contributed by atoms with Crippen LogP contribution in [-0.2, 0) is 80.5 Å². The fourth-order valence-corrected chi connectivity index (χ4v) is 12.7. The summed E-state index contributed by atoms with van der Waals surface area (Å²) in [5.41, 5.74) is 4.19. The lowest BCUT2D eigenvalue weighted by Gasteiger charge is -2.29. The Labute approximate surface area is 752 Å². The third kappa shape index (κ3) is 40.7. The van der Waals surface area contributed by atoms with Crippen LogP contribution in [0.2, 0.25) is 0 Å². The first-order valence-corrected chi connectivity index (χ1v) is 44.4.